The number of aromatic nitrogens is 1. The summed E-state index contributed by atoms with van der Waals surface area (Å²) in [5.41, 5.74) is 0.837. The van der Waals surface area contributed by atoms with E-state index < -0.39 is 0 Å². The molecule has 3 rings (SSSR count). The van der Waals surface area contributed by atoms with Gasteiger partial charge in [-0.2, -0.15) is 0 Å². The molecule has 0 bridgehead atoms. The fraction of sp³-hybridized carbons (Fsp3) is 0.588. The van der Waals surface area contributed by atoms with E-state index in [2.05, 4.69) is 4.98 Å². The molecule has 2 saturated heterocycles. The molecule has 1 aromatic rings. The molecule has 0 radical (unpaired) electrons. The van der Waals surface area contributed by atoms with Gasteiger partial charge in [-0.15, -0.1) is 11.3 Å². The second-order valence-corrected chi connectivity index (χ2v) is 7.31. The number of hydrogen-bond acceptors (Lipinski definition) is 4. The molecule has 124 valence electrons. The number of nitrogens with zero attached hydrogens (tertiary/aromatic N) is 3. The molecule has 0 aromatic carbocycles. The van der Waals surface area contributed by atoms with Crippen molar-refractivity contribution in [1.82, 2.24) is 14.8 Å². The summed E-state index contributed by atoms with van der Waals surface area (Å²) in [5.74, 6) is 0.267. The number of rotatable bonds is 4. The van der Waals surface area contributed by atoms with Gasteiger partial charge in [0.25, 0.3) is 0 Å². The summed E-state index contributed by atoms with van der Waals surface area (Å²) >= 11 is 1.58. The van der Waals surface area contributed by atoms with E-state index in [1.807, 2.05) is 22.1 Å². The summed E-state index contributed by atoms with van der Waals surface area (Å²) in [4.78, 5) is 32.6. The van der Waals surface area contributed by atoms with Gasteiger partial charge < -0.3 is 9.80 Å². The number of amides is 2. The Morgan fingerprint density at radius 2 is 2.26 bits per heavy atom. The largest absolute Gasteiger partial charge is 0.341 e. The zero-order valence-corrected chi connectivity index (χ0v) is 14.3. The van der Waals surface area contributed by atoms with Crippen LogP contribution in [0.5, 0.6) is 0 Å². The molecule has 23 heavy (non-hydrogen) atoms. The number of carbonyl (C=O) groups excluding carboxylic acids is 2. The van der Waals surface area contributed by atoms with E-state index in [-0.39, 0.29) is 17.9 Å². The van der Waals surface area contributed by atoms with E-state index in [1.54, 1.807) is 23.5 Å². The first-order chi connectivity index (χ1) is 11.1. The number of thiazole rings is 1. The molecule has 0 saturated carbocycles. The van der Waals surface area contributed by atoms with E-state index in [4.69, 9.17) is 0 Å². The highest BCUT2D eigenvalue weighted by Gasteiger charge is 2.30. The van der Waals surface area contributed by atoms with Crippen molar-refractivity contribution in [2.45, 2.75) is 45.1 Å². The first kappa shape index (κ1) is 16.2. The average molecular weight is 333 g/mol. The SMILES string of the molecule is Cc1nc(C=CC(=O)N2CCCCC2CN2CCCC2=O)cs1. The lowest BCUT2D eigenvalue weighted by molar-refractivity contribution is -0.134. The van der Waals surface area contributed by atoms with Crippen LogP contribution in [0.15, 0.2) is 11.5 Å². The van der Waals surface area contributed by atoms with Crippen LogP contribution in [0, 0.1) is 6.92 Å². The Hall–Kier alpha value is -1.69. The van der Waals surface area contributed by atoms with E-state index in [1.165, 1.54) is 0 Å². The lowest BCUT2D eigenvalue weighted by Gasteiger charge is -2.37. The molecule has 0 N–H and O–H groups in total. The standard InChI is InChI=1S/C17H23N3O2S/c1-13-18-14(12-23-13)7-8-17(22)20-10-3-2-5-15(20)11-19-9-4-6-16(19)21/h7-8,12,15H,2-6,9-11H2,1H3. The Morgan fingerprint density at radius 3 is 2.96 bits per heavy atom. The van der Waals surface area contributed by atoms with Crippen molar-refractivity contribution in [3.8, 4) is 0 Å². The zero-order chi connectivity index (χ0) is 16.2. The summed E-state index contributed by atoms with van der Waals surface area (Å²) in [6, 6.07) is 0.153. The Labute approximate surface area is 141 Å². The van der Waals surface area contributed by atoms with Crippen LogP contribution in [0.3, 0.4) is 0 Å². The molecule has 0 aliphatic carbocycles. The Bertz CT molecular complexity index is 611. The van der Waals surface area contributed by atoms with Gasteiger partial charge in [-0.05, 0) is 38.7 Å². The molecule has 1 atom stereocenters. The summed E-state index contributed by atoms with van der Waals surface area (Å²) in [5, 5.41) is 2.95. The predicted molar refractivity (Wildman–Crippen MR) is 91.1 cm³/mol. The van der Waals surface area contributed by atoms with Crippen molar-refractivity contribution in [3.05, 3.63) is 22.2 Å². The monoisotopic (exact) mass is 333 g/mol. The molecule has 2 amide bonds. The van der Waals surface area contributed by atoms with Gasteiger partial charge in [0.05, 0.1) is 10.7 Å². The van der Waals surface area contributed by atoms with Crippen molar-refractivity contribution in [1.29, 1.82) is 0 Å². The van der Waals surface area contributed by atoms with Crippen molar-refractivity contribution < 1.29 is 9.59 Å². The Morgan fingerprint density at radius 1 is 1.39 bits per heavy atom. The van der Waals surface area contributed by atoms with Gasteiger partial charge in [0.15, 0.2) is 0 Å². The molecule has 1 aromatic heterocycles. The average Bonchev–Trinajstić information content (AvgIpc) is 3.14. The fourth-order valence-corrected chi connectivity index (χ4v) is 3.92. The molecule has 3 heterocycles. The van der Waals surface area contributed by atoms with Gasteiger partial charge in [0, 0.05) is 43.6 Å². The van der Waals surface area contributed by atoms with Gasteiger partial charge in [0.2, 0.25) is 11.8 Å². The summed E-state index contributed by atoms with van der Waals surface area (Å²) < 4.78 is 0. The molecule has 6 heteroatoms. The van der Waals surface area contributed by atoms with Crippen molar-refractivity contribution in [2.24, 2.45) is 0 Å². The van der Waals surface area contributed by atoms with Gasteiger partial charge in [-0.1, -0.05) is 0 Å². The minimum atomic E-state index is 0.0343. The molecule has 0 spiro atoms. The van der Waals surface area contributed by atoms with Crippen LogP contribution in [0.2, 0.25) is 0 Å². The van der Waals surface area contributed by atoms with E-state index in [0.29, 0.717) is 13.0 Å². The lowest BCUT2D eigenvalue weighted by Crippen LogP contribution is -2.49. The Balaban J connectivity index is 1.64. The van der Waals surface area contributed by atoms with Gasteiger partial charge >= 0.3 is 0 Å². The maximum absolute atomic E-state index is 12.6. The fourth-order valence-electron chi connectivity index (χ4n) is 3.34. The number of piperidine rings is 1. The molecule has 2 aliphatic rings. The summed E-state index contributed by atoms with van der Waals surface area (Å²) in [6.07, 6.45) is 8.17. The maximum atomic E-state index is 12.6. The van der Waals surface area contributed by atoms with Crippen LogP contribution in [-0.2, 0) is 9.59 Å². The van der Waals surface area contributed by atoms with Crippen LogP contribution in [0.25, 0.3) is 6.08 Å². The summed E-state index contributed by atoms with van der Waals surface area (Å²) in [6.45, 7) is 4.27. The highest BCUT2D eigenvalue weighted by molar-refractivity contribution is 7.09. The van der Waals surface area contributed by atoms with E-state index in [9.17, 15) is 9.59 Å². The molecule has 1 unspecified atom stereocenters. The van der Waals surface area contributed by atoms with Crippen LogP contribution >= 0.6 is 11.3 Å². The number of hydrogen-bond donors (Lipinski definition) is 0. The highest BCUT2D eigenvalue weighted by atomic mass is 32.1. The quantitative estimate of drug-likeness (QED) is 0.796. The number of likely N-dealkylation sites (tertiary alicyclic amines) is 2. The van der Waals surface area contributed by atoms with E-state index >= 15 is 0 Å². The molecular weight excluding hydrogens is 310 g/mol. The third-order valence-corrected chi connectivity index (χ3v) is 5.34. The smallest absolute Gasteiger partial charge is 0.246 e. The van der Waals surface area contributed by atoms with Gasteiger partial charge in [-0.3, -0.25) is 9.59 Å². The van der Waals surface area contributed by atoms with Crippen LogP contribution in [0.4, 0.5) is 0 Å². The molecule has 5 nitrogen and oxygen atoms in total. The third-order valence-electron chi connectivity index (χ3n) is 4.55. The summed E-state index contributed by atoms with van der Waals surface area (Å²) in [7, 11) is 0. The molecule has 2 fully saturated rings. The van der Waals surface area contributed by atoms with Crippen LogP contribution < -0.4 is 0 Å². The van der Waals surface area contributed by atoms with Gasteiger partial charge in [-0.25, -0.2) is 4.98 Å². The number of carbonyl (C=O) groups is 2. The van der Waals surface area contributed by atoms with E-state index in [0.717, 1.165) is 49.5 Å². The lowest BCUT2D eigenvalue weighted by atomic mass is 10.0. The topological polar surface area (TPSA) is 53.5 Å². The predicted octanol–water partition coefficient (Wildman–Crippen LogP) is 2.47. The van der Waals surface area contributed by atoms with Crippen LogP contribution in [0.1, 0.15) is 42.8 Å². The first-order valence-electron chi connectivity index (χ1n) is 8.32. The first-order valence-corrected chi connectivity index (χ1v) is 9.20. The number of aryl methyl sites for hydroxylation is 1. The van der Waals surface area contributed by atoms with Crippen molar-refractivity contribution in [2.75, 3.05) is 19.6 Å². The second kappa shape index (κ2) is 7.25. The van der Waals surface area contributed by atoms with Crippen molar-refractivity contribution >= 4 is 29.2 Å². The molecular formula is C17H23N3O2S. The molecule has 2 aliphatic heterocycles. The zero-order valence-electron chi connectivity index (χ0n) is 13.5. The minimum Gasteiger partial charge on any atom is -0.341 e. The highest BCUT2D eigenvalue weighted by Crippen LogP contribution is 2.21. The Kier molecular flexibility index (Phi) is 5.10. The minimum absolute atomic E-state index is 0.0343. The van der Waals surface area contributed by atoms with Gasteiger partial charge in [0.1, 0.15) is 0 Å². The maximum Gasteiger partial charge on any atom is 0.246 e. The normalized spacial score (nSPS) is 22.3. The van der Waals surface area contributed by atoms with Crippen LogP contribution in [-0.4, -0.2) is 52.3 Å². The third kappa shape index (κ3) is 3.99. The van der Waals surface area contributed by atoms with Crippen molar-refractivity contribution in [3.63, 3.8) is 0 Å². The second-order valence-electron chi connectivity index (χ2n) is 6.25.